The zero-order chi connectivity index (χ0) is 19.4. The van der Waals surface area contributed by atoms with Crippen molar-refractivity contribution in [2.24, 2.45) is 0 Å². The average Bonchev–Trinajstić information content (AvgIpc) is 2.65. The van der Waals surface area contributed by atoms with Gasteiger partial charge in [0.15, 0.2) is 26.3 Å². The van der Waals surface area contributed by atoms with Crippen LogP contribution in [-0.4, -0.2) is 9.39 Å². The van der Waals surface area contributed by atoms with Crippen molar-refractivity contribution in [3.05, 3.63) is 84.7 Å². The molecule has 0 saturated carbocycles. The van der Waals surface area contributed by atoms with Crippen LogP contribution in [0.5, 0.6) is 5.75 Å². The van der Waals surface area contributed by atoms with Crippen molar-refractivity contribution in [3.63, 3.8) is 0 Å². The van der Waals surface area contributed by atoms with Crippen molar-refractivity contribution >= 4 is 39.5 Å². The molecule has 3 aromatic rings. The van der Waals surface area contributed by atoms with E-state index in [2.05, 4.69) is 0 Å². The molecule has 0 radical (unpaired) electrons. The highest BCUT2D eigenvalue weighted by Crippen LogP contribution is 2.33. The number of hydrogen-bond donors (Lipinski definition) is 0. The number of rotatable bonds is 5. The zero-order valence-corrected chi connectivity index (χ0v) is 18.0. The van der Waals surface area contributed by atoms with E-state index in [-0.39, 0.29) is 5.75 Å². The molecule has 0 atom stereocenters. The highest BCUT2D eigenvalue weighted by molar-refractivity contribution is 14.1. The molecule has 2 nitrogen and oxygen atoms in total. The minimum absolute atomic E-state index is 0.0434. The van der Waals surface area contributed by atoms with E-state index in [1.165, 1.54) is 12.1 Å². The quantitative estimate of drug-likeness (QED) is 0.143. The molecular formula is C22H19FIO2S+. The predicted octanol–water partition coefficient (Wildman–Crippen LogP) is 6.04. The van der Waals surface area contributed by atoms with Crippen molar-refractivity contribution < 1.29 is 13.9 Å². The summed E-state index contributed by atoms with van der Waals surface area (Å²) in [5.74, 6) is -1.05. The number of alkyl halides is 1. The number of esters is 1. The van der Waals surface area contributed by atoms with Crippen LogP contribution in [0, 0.1) is 5.82 Å². The van der Waals surface area contributed by atoms with Gasteiger partial charge < -0.3 is 4.74 Å². The van der Waals surface area contributed by atoms with Gasteiger partial charge in [-0.15, -0.1) is 0 Å². The summed E-state index contributed by atoms with van der Waals surface area (Å²) in [7, 11) is -0.445. The normalized spacial score (nSPS) is 11.4. The lowest BCUT2D eigenvalue weighted by Gasteiger charge is -2.15. The Labute approximate surface area is 175 Å². The van der Waals surface area contributed by atoms with E-state index in [1.807, 2.05) is 89.3 Å². The number of carbonyl (C=O) groups is 1. The first kappa shape index (κ1) is 19.9. The Bertz CT molecular complexity index is 885. The minimum atomic E-state index is -0.721. The van der Waals surface area contributed by atoms with Gasteiger partial charge in [0.05, 0.1) is 10.9 Å². The van der Waals surface area contributed by atoms with Crippen LogP contribution in [0.3, 0.4) is 0 Å². The molecule has 0 amide bonds. The van der Waals surface area contributed by atoms with E-state index in [4.69, 9.17) is 4.74 Å². The standard InChI is InChI=1S/C22H19FIO2S/c1-22(2,24)21(25)26-20-14-13-18(15-19(20)23)27(16-9-5-3-6-10-16)17-11-7-4-8-12-17/h3-15H,1-2H3/q+1. The second-order valence-electron chi connectivity index (χ2n) is 6.39. The zero-order valence-electron chi connectivity index (χ0n) is 15.0. The SMILES string of the molecule is CC(C)(I)C(=O)Oc1ccc([S+](c2ccccc2)c2ccccc2)cc1F. The van der Waals surface area contributed by atoms with Crippen LogP contribution < -0.4 is 4.74 Å². The summed E-state index contributed by atoms with van der Waals surface area (Å²) in [6.45, 7) is 3.45. The van der Waals surface area contributed by atoms with Gasteiger partial charge >= 0.3 is 5.97 Å². The van der Waals surface area contributed by atoms with Gasteiger partial charge in [0.1, 0.15) is 3.42 Å². The van der Waals surface area contributed by atoms with Gasteiger partial charge in [0.25, 0.3) is 0 Å². The molecule has 138 valence electrons. The molecule has 3 aromatic carbocycles. The van der Waals surface area contributed by atoms with Crippen LogP contribution in [0.15, 0.2) is 93.5 Å². The van der Waals surface area contributed by atoms with Crippen molar-refractivity contribution in [1.82, 2.24) is 0 Å². The Kier molecular flexibility index (Phi) is 6.22. The van der Waals surface area contributed by atoms with E-state index in [0.29, 0.717) is 0 Å². The molecule has 0 spiro atoms. The fraction of sp³-hybridized carbons (Fsp3) is 0.136. The Morgan fingerprint density at radius 1 is 0.889 bits per heavy atom. The third-order valence-electron chi connectivity index (χ3n) is 3.78. The van der Waals surface area contributed by atoms with Crippen LogP contribution in [0.2, 0.25) is 0 Å². The van der Waals surface area contributed by atoms with E-state index < -0.39 is 26.1 Å². The first-order valence-corrected chi connectivity index (χ1v) is 10.7. The lowest BCUT2D eigenvalue weighted by molar-refractivity contribution is -0.135. The summed E-state index contributed by atoms with van der Waals surface area (Å²) >= 11 is 1.98. The van der Waals surface area contributed by atoms with Crippen molar-refractivity contribution in [1.29, 1.82) is 0 Å². The molecule has 0 heterocycles. The Hall–Kier alpha value is -1.86. The minimum Gasteiger partial charge on any atom is -0.422 e. The van der Waals surface area contributed by atoms with Gasteiger partial charge in [-0.2, -0.15) is 0 Å². The third kappa shape index (κ3) is 4.90. The molecular weight excluding hydrogens is 474 g/mol. The van der Waals surface area contributed by atoms with E-state index in [0.717, 1.165) is 14.7 Å². The summed E-state index contributed by atoms with van der Waals surface area (Å²) in [4.78, 5) is 15.1. The second-order valence-corrected chi connectivity index (χ2v) is 11.1. The van der Waals surface area contributed by atoms with Crippen molar-refractivity contribution in [3.8, 4) is 5.75 Å². The Balaban J connectivity index is 1.99. The molecule has 0 unspecified atom stereocenters. The molecule has 5 heteroatoms. The fourth-order valence-corrected chi connectivity index (χ4v) is 4.64. The maximum Gasteiger partial charge on any atom is 0.326 e. The number of carbonyl (C=O) groups excluding carboxylic acids is 1. The highest BCUT2D eigenvalue weighted by Gasteiger charge is 2.31. The van der Waals surface area contributed by atoms with Crippen LogP contribution in [0.25, 0.3) is 0 Å². The molecule has 0 saturated heterocycles. The van der Waals surface area contributed by atoms with Crippen LogP contribution >= 0.6 is 22.6 Å². The number of benzene rings is 3. The molecule has 0 aliphatic rings. The van der Waals surface area contributed by atoms with Gasteiger partial charge in [-0.3, -0.25) is 4.79 Å². The Morgan fingerprint density at radius 3 is 1.85 bits per heavy atom. The monoisotopic (exact) mass is 493 g/mol. The summed E-state index contributed by atoms with van der Waals surface area (Å²) in [5.41, 5.74) is 0. The molecule has 0 bridgehead atoms. The molecule has 3 rings (SSSR count). The van der Waals surface area contributed by atoms with Gasteiger partial charge in [0, 0.05) is 6.07 Å². The molecule has 0 fully saturated rings. The summed E-state index contributed by atoms with van der Waals surface area (Å²) < 4.78 is 19.2. The lowest BCUT2D eigenvalue weighted by Crippen LogP contribution is -2.29. The molecule has 0 N–H and O–H groups in total. The van der Waals surface area contributed by atoms with E-state index in [1.54, 1.807) is 13.8 Å². The van der Waals surface area contributed by atoms with Crippen LogP contribution in [0.1, 0.15) is 13.8 Å². The number of hydrogen-bond acceptors (Lipinski definition) is 2. The molecule has 27 heavy (non-hydrogen) atoms. The summed E-state index contributed by atoms with van der Waals surface area (Å²) in [6, 6.07) is 24.8. The van der Waals surface area contributed by atoms with Crippen LogP contribution in [0.4, 0.5) is 4.39 Å². The number of ether oxygens (including phenoxy) is 1. The summed E-state index contributed by atoms with van der Waals surface area (Å²) in [5, 5.41) is 0. The fourth-order valence-electron chi connectivity index (χ4n) is 2.43. The maximum atomic E-state index is 14.7. The molecule has 0 aliphatic heterocycles. The Morgan fingerprint density at radius 2 is 1.41 bits per heavy atom. The van der Waals surface area contributed by atoms with E-state index >= 15 is 0 Å². The summed E-state index contributed by atoms with van der Waals surface area (Å²) in [6.07, 6.45) is 0. The van der Waals surface area contributed by atoms with Gasteiger partial charge in [-0.25, -0.2) is 4.39 Å². The number of halogens is 2. The van der Waals surface area contributed by atoms with Crippen molar-refractivity contribution in [2.45, 2.75) is 32.0 Å². The smallest absolute Gasteiger partial charge is 0.326 e. The first-order valence-electron chi connectivity index (χ1n) is 8.41. The van der Waals surface area contributed by atoms with Crippen molar-refractivity contribution in [2.75, 3.05) is 0 Å². The van der Waals surface area contributed by atoms with E-state index in [9.17, 15) is 9.18 Å². The maximum absolute atomic E-state index is 14.7. The average molecular weight is 493 g/mol. The van der Waals surface area contributed by atoms with Gasteiger partial charge in [-0.1, -0.05) is 59.0 Å². The second kappa shape index (κ2) is 8.44. The van der Waals surface area contributed by atoms with Gasteiger partial charge in [-0.05, 0) is 50.2 Å². The lowest BCUT2D eigenvalue weighted by atomic mass is 10.2. The topological polar surface area (TPSA) is 26.3 Å². The molecule has 0 aromatic heterocycles. The van der Waals surface area contributed by atoms with Gasteiger partial charge in [0.2, 0.25) is 0 Å². The molecule has 0 aliphatic carbocycles. The largest absolute Gasteiger partial charge is 0.422 e. The highest BCUT2D eigenvalue weighted by atomic mass is 127. The third-order valence-corrected chi connectivity index (χ3v) is 6.44. The first-order chi connectivity index (χ1) is 12.9. The van der Waals surface area contributed by atoms with Crippen LogP contribution in [-0.2, 0) is 15.7 Å². The predicted molar refractivity (Wildman–Crippen MR) is 115 cm³/mol.